The molecule has 0 amide bonds. The molecule has 0 saturated carbocycles. The van der Waals surface area contributed by atoms with Gasteiger partial charge in [-0.05, 0) is 37.1 Å². The molecule has 1 rings (SSSR count). The Balaban J connectivity index is 2.65. The SMILES string of the molecule is Cc1c(OCCCO)ccc(OCCCO)c1C. The molecule has 0 aliphatic carbocycles. The van der Waals surface area contributed by atoms with Crippen molar-refractivity contribution in [1.82, 2.24) is 0 Å². The summed E-state index contributed by atoms with van der Waals surface area (Å²) in [4.78, 5) is 0. The number of ether oxygens (including phenoxy) is 2. The van der Waals surface area contributed by atoms with Crippen LogP contribution in [-0.2, 0) is 0 Å². The zero-order chi connectivity index (χ0) is 13.4. The molecule has 0 saturated heterocycles. The molecule has 0 aliphatic heterocycles. The van der Waals surface area contributed by atoms with Crippen LogP contribution in [0.2, 0.25) is 0 Å². The van der Waals surface area contributed by atoms with Crippen molar-refractivity contribution in [2.24, 2.45) is 0 Å². The quantitative estimate of drug-likeness (QED) is 0.695. The second-order valence-corrected chi connectivity index (χ2v) is 4.16. The molecule has 0 fully saturated rings. The molecule has 4 nitrogen and oxygen atoms in total. The maximum absolute atomic E-state index is 8.71. The van der Waals surface area contributed by atoms with Gasteiger partial charge in [0.1, 0.15) is 11.5 Å². The van der Waals surface area contributed by atoms with Crippen molar-refractivity contribution >= 4 is 0 Å². The second kappa shape index (κ2) is 7.95. The Morgan fingerprint density at radius 3 is 1.56 bits per heavy atom. The Hall–Kier alpha value is -1.26. The highest BCUT2D eigenvalue weighted by atomic mass is 16.5. The molecule has 4 heteroatoms. The molecule has 0 aromatic heterocycles. The van der Waals surface area contributed by atoms with Gasteiger partial charge in [0.05, 0.1) is 13.2 Å². The predicted molar refractivity (Wildman–Crippen MR) is 70.3 cm³/mol. The lowest BCUT2D eigenvalue weighted by molar-refractivity contribution is 0.229. The Bertz CT molecular complexity index is 328. The summed E-state index contributed by atoms with van der Waals surface area (Å²) < 4.78 is 11.2. The minimum absolute atomic E-state index is 0.139. The van der Waals surface area contributed by atoms with E-state index in [0.29, 0.717) is 26.1 Å². The van der Waals surface area contributed by atoms with Crippen molar-refractivity contribution in [2.45, 2.75) is 26.7 Å². The van der Waals surface area contributed by atoms with Crippen LogP contribution in [0, 0.1) is 13.8 Å². The molecular formula is C14H22O4. The first-order valence-electron chi connectivity index (χ1n) is 6.28. The molecule has 2 N–H and O–H groups in total. The number of benzene rings is 1. The third-order valence-corrected chi connectivity index (χ3v) is 2.81. The van der Waals surface area contributed by atoms with Gasteiger partial charge in [-0.3, -0.25) is 0 Å². The smallest absolute Gasteiger partial charge is 0.122 e. The van der Waals surface area contributed by atoms with Crippen molar-refractivity contribution < 1.29 is 19.7 Å². The molecule has 0 radical (unpaired) electrons. The van der Waals surface area contributed by atoms with Gasteiger partial charge in [0.15, 0.2) is 0 Å². The van der Waals surface area contributed by atoms with E-state index in [1.807, 2.05) is 26.0 Å². The largest absolute Gasteiger partial charge is 0.493 e. The van der Waals surface area contributed by atoms with E-state index in [2.05, 4.69) is 0 Å². The Morgan fingerprint density at radius 1 is 0.833 bits per heavy atom. The van der Waals surface area contributed by atoms with Crippen molar-refractivity contribution in [3.05, 3.63) is 23.3 Å². The van der Waals surface area contributed by atoms with Crippen LogP contribution in [0.3, 0.4) is 0 Å². The average Bonchev–Trinajstić information content (AvgIpc) is 2.37. The fourth-order valence-electron chi connectivity index (χ4n) is 1.58. The molecule has 0 unspecified atom stereocenters. The number of hydrogen-bond acceptors (Lipinski definition) is 4. The van der Waals surface area contributed by atoms with Crippen LogP contribution < -0.4 is 9.47 Å². The number of hydrogen-bond donors (Lipinski definition) is 2. The van der Waals surface area contributed by atoms with Crippen LogP contribution in [-0.4, -0.2) is 36.6 Å². The maximum atomic E-state index is 8.71. The predicted octanol–water partition coefficient (Wildman–Crippen LogP) is 1.83. The van der Waals surface area contributed by atoms with E-state index in [1.165, 1.54) is 0 Å². The van der Waals surface area contributed by atoms with Crippen molar-refractivity contribution in [3.63, 3.8) is 0 Å². The summed E-state index contributed by atoms with van der Waals surface area (Å²) in [5.74, 6) is 1.66. The first-order chi connectivity index (χ1) is 8.70. The van der Waals surface area contributed by atoms with E-state index in [0.717, 1.165) is 22.6 Å². The highest BCUT2D eigenvalue weighted by Crippen LogP contribution is 2.29. The first kappa shape index (κ1) is 14.8. The van der Waals surface area contributed by atoms with Crippen molar-refractivity contribution in [2.75, 3.05) is 26.4 Å². The Kier molecular flexibility index (Phi) is 6.54. The topological polar surface area (TPSA) is 58.9 Å². The van der Waals surface area contributed by atoms with E-state index in [1.54, 1.807) is 0 Å². The highest BCUT2D eigenvalue weighted by molar-refractivity contribution is 5.47. The van der Waals surface area contributed by atoms with E-state index in [4.69, 9.17) is 19.7 Å². The van der Waals surface area contributed by atoms with Crippen LogP contribution in [0.15, 0.2) is 12.1 Å². The summed E-state index contributed by atoms with van der Waals surface area (Å²) in [6.07, 6.45) is 1.26. The molecular weight excluding hydrogens is 232 g/mol. The average molecular weight is 254 g/mol. The van der Waals surface area contributed by atoms with Crippen molar-refractivity contribution in [3.8, 4) is 11.5 Å². The molecule has 18 heavy (non-hydrogen) atoms. The van der Waals surface area contributed by atoms with E-state index in [-0.39, 0.29) is 13.2 Å². The first-order valence-corrected chi connectivity index (χ1v) is 6.28. The third-order valence-electron chi connectivity index (χ3n) is 2.81. The number of rotatable bonds is 8. The molecule has 1 aromatic rings. The fraction of sp³-hybridized carbons (Fsp3) is 0.571. The van der Waals surface area contributed by atoms with Gasteiger partial charge in [-0.15, -0.1) is 0 Å². The summed E-state index contributed by atoms with van der Waals surface area (Å²) in [5.41, 5.74) is 2.10. The molecule has 0 atom stereocenters. The third kappa shape index (κ3) is 4.20. The van der Waals surface area contributed by atoms with E-state index >= 15 is 0 Å². The normalized spacial score (nSPS) is 10.4. The van der Waals surface area contributed by atoms with Gasteiger partial charge >= 0.3 is 0 Å². The highest BCUT2D eigenvalue weighted by Gasteiger charge is 2.08. The number of aliphatic hydroxyl groups is 2. The van der Waals surface area contributed by atoms with Gasteiger partial charge in [0, 0.05) is 26.1 Å². The van der Waals surface area contributed by atoms with Crippen LogP contribution in [0.1, 0.15) is 24.0 Å². The molecule has 0 bridgehead atoms. The summed E-state index contributed by atoms with van der Waals surface area (Å²) in [6.45, 7) is 5.29. The second-order valence-electron chi connectivity index (χ2n) is 4.16. The Morgan fingerprint density at radius 2 is 1.22 bits per heavy atom. The van der Waals surface area contributed by atoms with E-state index in [9.17, 15) is 0 Å². The maximum Gasteiger partial charge on any atom is 0.122 e. The van der Waals surface area contributed by atoms with Crippen LogP contribution >= 0.6 is 0 Å². The molecule has 0 aliphatic rings. The lowest BCUT2D eigenvalue weighted by atomic mass is 10.1. The minimum atomic E-state index is 0.139. The van der Waals surface area contributed by atoms with Gasteiger partial charge in [0.2, 0.25) is 0 Å². The number of aliphatic hydroxyl groups excluding tert-OH is 2. The molecule has 102 valence electrons. The van der Waals surface area contributed by atoms with E-state index < -0.39 is 0 Å². The standard InChI is InChI=1S/C14H22O4/c1-11-12(2)14(18-10-4-8-16)6-5-13(11)17-9-3-7-15/h5-6,15-16H,3-4,7-10H2,1-2H3. The van der Waals surface area contributed by atoms with Gasteiger partial charge in [-0.25, -0.2) is 0 Å². The lowest BCUT2D eigenvalue weighted by Crippen LogP contribution is -2.04. The summed E-state index contributed by atoms with van der Waals surface area (Å²) >= 11 is 0. The molecule has 0 heterocycles. The Labute approximate surface area is 108 Å². The zero-order valence-corrected chi connectivity index (χ0v) is 11.1. The van der Waals surface area contributed by atoms with Crippen LogP contribution in [0.4, 0.5) is 0 Å². The summed E-state index contributed by atoms with van der Waals surface area (Å²) in [5, 5.41) is 17.4. The lowest BCUT2D eigenvalue weighted by Gasteiger charge is -2.14. The van der Waals surface area contributed by atoms with Gasteiger partial charge < -0.3 is 19.7 Å². The fourth-order valence-corrected chi connectivity index (χ4v) is 1.58. The monoisotopic (exact) mass is 254 g/mol. The van der Waals surface area contributed by atoms with Gasteiger partial charge in [-0.2, -0.15) is 0 Å². The van der Waals surface area contributed by atoms with Crippen molar-refractivity contribution in [1.29, 1.82) is 0 Å². The zero-order valence-electron chi connectivity index (χ0n) is 11.1. The summed E-state index contributed by atoms with van der Waals surface area (Å²) in [6, 6.07) is 3.77. The van der Waals surface area contributed by atoms with Gasteiger partial charge in [-0.1, -0.05) is 0 Å². The van der Waals surface area contributed by atoms with Crippen LogP contribution in [0.25, 0.3) is 0 Å². The summed E-state index contributed by atoms with van der Waals surface area (Å²) in [7, 11) is 0. The minimum Gasteiger partial charge on any atom is -0.493 e. The molecule has 1 aromatic carbocycles. The molecule has 0 spiro atoms. The van der Waals surface area contributed by atoms with Crippen LogP contribution in [0.5, 0.6) is 11.5 Å². The van der Waals surface area contributed by atoms with Gasteiger partial charge in [0.25, 0.3) is 0 Å².